The average Bonchev–Trinajstić information content (AvgIpc) is 2.90. The summed E-state index contributed by atoms with van der Waals surface area (Å²) in [4.78, 5) is 2.97. The van der Waals surface area contributed by atoms with E-state index in [9.17, 15) is 8.42 Å². The fraction of sp³-hybridized carbons (Fsp3) is 0. The van der Waals surface area contributed by atoms with Gasteiger partial charge in [-0.1, -0.05) is 29.8 Å². The molecule has 110 valence electrons. The molecular formula is C15H10ClN3O2S. The van der Waals surface area contributed by atoms with Crippen molar-refractivity contribution < 1.29 is 8.42 Å². The van der Waals surface area contributed by atoms with Crippen LogP contribution in [0.5, 0.6) is 0 Å². The number of anilines is 1. The fourth-order valence-corrected chi connectivity index (χ4v) is 3.47. The van der Waals surface area contributed by atoms with Gasteiger partial charge in [-0.15, -0.1) is 0 Å². The smallest absolute Gasteiger partial charge is 0.262 e. The topological polar surface area (TPSA) is 85.8 Å². The van der Waals surface area contributed by atoms with Crippen molar-refractivity contribution in [2.45, 2.75) is 4.90 Å². The Kier molecular flexibility index (Phi) is 3.53. The molecule has 0 aliphatic rings. The summed E-state index contributed by atoms with van der Waals surface area (Å²) >= 11 is 6.03. The number of para-hydroxylation sites is 1. The number of nitrogens with one attached hydrogen (secondary N) is 2. The Morgan fingerprint density at radius 1 is 1.18 bits per heavy atom. The minimum atomic E-state index is -3.79. The molecule has 0 aliphatic carbocycles. The van der Waals surface area contributed by atoms with Gasteiger partial charge in [0.05, 0.1) is 32.8 Å². The molecule has 1 aromatic heterocycles. The van der Waals surface area contributed by atoms with Crippen LogP contribution in [0.2, 0.25) is 5.02 Å². The van der Waals surface area contributed by atoms with E-state index in [0.29, 0.717) is 16.2 Å². The standard InChI is InChI=1S/C15H10ClN3O2S/c16-13-9-18-15-12(13)5-2-6-14(15)19-22(20,21)11-4-1-3-10(7-11)8-17/h1-7,9,18-19H. The third kappa shape index (κ3) is 2.52. The molecule has 5 nitrogen and oxygen atoms in total. The summed E-state index contributed by atoms with van der Waals surface area (Å²) in [5.41, 5.74) is 1.28. The predicted molar refractivity (Wildman–Crippen MR) is 85.3 cm³/mol. The first-order valence-corrected chi connectivity index (χ1v) is 8.16. The van der Waals surface area contributed by atoms with Gasteiger partial charge in [0.1, 0.15) is 0 Å². The van der Waals surface area contributed by atoms with Crippen LogP contribution in [-0.2, 0) is 10.0 Å². The number of nitrogens with zero attached hydrogens (tertiary/aromatic N) is 1. The molecule has 0 atom stereocenters. The Morgan fingerprint density at radius 2 is 1.95 bits per heavy atom. The quantitative estimate of drug-likeness (QED) is 0.770. The minimum Gasteiger partial charge on any atom is -0.358 e. The second-order valence-electron chi connectivity index (χ2n) is 4.61. The van der Waals surface area contributed by atoms with Crippen molar-refractivity contribution in [2.75, 3.05) is 4.72 Å². The van der Waals surface area contributed by atoms with E-state index in [1.807, 2.05) is 6.07 Å². The molecule has 0 saturated carbocycles. The summed E-state index contributed by atoms with van der Waals surface area (Å²) in [7, 11) is -3.79. The van der Waals surface area contributed by atoms with Crippen molar-refractivity contribution in [3.8, 4) is 6.07 Å². The molecule has 22 heavy (non-hydrogen) atoms. The first-order chi connectivity index (χ1) is 10.5. The molecule has 0 radical (unpaired) electrons. The Morgan fingerprint density at radius 3 is 2.73 bits per heavy atom. The zero-order valence-electron chi connectivity index (χ0n) is 11.2. The van der Waals surface area contributed by atoms with Crippen molar-refractivity contribution in [3.05, 3.63) is 59.2 Å². The third-order valence-corrected chi connectivity index (χ3v) is 4.86. The van der Waals surface area contributed by atoms with Gasteiger partial charge >= 0.3 is 0 Å². The fourth-order valence-electron chi connectivity index (χ4n) is 2.14. The summed E-state index contributed by atoms with van der Waals surface area (Å²) in [5.74, 6) is 0. The Labute approximate surface area is 132 Å². The number of sulfonamides is 1. The second-order valence-corrected chi connectivity index (χ2v) is 6.70. The van der Waals surface area contributed by atoms with Crippen LogP contribution in [0.4, 0.5) is 5.69 Å². The molecular weight excluding hydrogens is 322 g/mol. The maximum Gasteiger partial charge on any atom is 0.262 e. The van der Waals surface area contributed by atoms with Gasteiger partial charge in [-0.25, -0.2) is 8.42 Å². The van der Waals surface area contributed by atoms with Crippen molar-refractivity contribution in [2.24, 2.45) is 0 Å². The maximum absolute atomic E-state index is 12.5. The molecule has 0 fully saturated rings. The lowest BCUT2D eigenvalue weighted by molar-refractivity contribution is 0.601. The number of benzene rings is 2. The van der Waals surface area contributed by atoms with Crippen molar-refractivity contribution in [1.82, 2.24) is 4.98 Å². The molecule has 0 saturated heterocycles. The number of rotatable bonds is 3. The number of nitriles is 1. The highest BCUT2D eigenvalue weighted by Crippen LogP contribution is 2.29. The lowest BCUT2D eigenvalue weighted by Gasteiger charge is -2.09. The lowest BCUT2D eigenvalue weighted by Crippen LogP contribution is -2.13. The van der Waals surface area contributed by atoms with Gasteiger partial charge in [0.2, 0.25) is 0 Å². The number of fused-ring (bicyclic) bond motifs is 1. The van der Waals surface area contributed by atoms with E-state index < -0.39 is 10.0 Å². The highest BCUT2D eigenvalue weighted by Gasteiger charge is 2.17. The van der Waals surface area contributed by atoms with Crippen molar-refractivity contribution >= 4 is 38.2 Å². The number of hydrogen-bond donors (Lipinski definition) is 2. The molecule has 3 rings (SSSR count). The monoisotopic (exact) mass is 331 g/mol. The zero-order valence-corrected chi connectivity index (χ0v) is 12.7. The van der Waals surface area contributed by atoms with E-state index in [1.165, 1.54) is 18.2 Å². The predicted octanol–water partition coefficient (Wildman–Crippen LogP) is 3.49. The van der Waals surface area contributed by atoms with E-state index in [2.05, 4.69) is 9.71 Å². The number of H-pyrrole nitrogens is 1. The average molecular weight is 332 g/mol. The van der Waals surface area contributed by atoms with Gasteiger partial charge in [-0.2, -0.15) is 5.26 Å². The van der Waals surface area contributed by atoms with Gasteiger partial charge in [0.15, 0.2) is 0 Å². The van der Waals surface area contributed by atoms with Crippen molar-refractivity contribution in [1.29, 1.82) is 5.26 Å². The lowest BCUT2D eigenvalue weighted by atomic mass is 10.2. The van der Waals surface area contributed by atoms with Crippen LogP contribution >= 0.6 is 11.6 Å². The first kappa shape index (κ1) is 14.4. The van der Waals surface area contributed by atoms with Crippen molar-refractivity contribution in [3.63, 3.8) is 0 Å². The van der Waals surface area contributed by atoms with Gasteiger partial charge in [-0.3, -0.25) is 4.72 Å². The first-order valence-electron chi connectivity index (χ1n) is 6.30. The van der Waals surface area contributed by atoms with Crippen LogP contribution in [-0.4, -0.2) is 13.4 Å². The summed E-state index contributed by atoms with van der Waals surface area (Å²) in [5, 5.41) is 10.1. The third-order valence-electron chi connectivity index (χ3n) is 3.18. The highest BCUT2D eigenvalue weighted by molar-refractivity contribution is 7.92. The van der Waals surface area contributed by atoms with Crippen LogP contribution in [0.25, 0.3) is 10.9 Å². The van der Waals surface area contributed by atoms with Crippen LogP contribution in [0, 0.1) is 11.3 Å². The van der Waals surface area contributed by atoms with Gasteiger partial charge in [0, 0.05) is 11.6 Å². The van der Waals surface area contributed by atoms with E-state index >= 15 is 0 Å². The summed E-state index contributed by atoms with van der Waals surface area (Å²) < 4.78 is 27.4. The zero-order chi connectivity index (χ0) is 15.7. The normalized spacial score (nSPS) is 11.3. The molecule has 0 aliphatic heterocycles. The Bertz CT molecular complexity index is 1000. The summed E-state index contributed by atoms with van der Waals surface area (Å²) in [6.07, 6.45) is 1.60. The molecule has 0 bridgehead atoms. The van der Waals surface area contributed by atoms with Gasteiger partial charge in [0.25, 0.3) is 10.0 Å². The van der Waals surface area contributed by atoms with Crippen LogP contribution in [0.1, 0.15) is 5.56 Å². The SMILES string of the molecule is N#Cc1cccc(S(=O)(=O)Nc2cccc3c(Cl)c[nH]c23)c1. The molecule has 2 N–H and O–H groups in total. The number of aromatic amines is 1. The van der Waals surface area contributed by atoms with E-state index in [-0.39, 0.29) is 10.5 Å². The van der Waals surface area contributed by atoms with Crippen LogP contribution < -0.4 is 4.72 Å². The molecule has 1 heterocycles. The number of aromatic nitrogens is 1. The second kappa shape index (κ2) is 5.37. The molecule has 2 aromatic carbocycles. The van der Waals surface area contributed by atoms with Gasteiger partial charge in [-0.05, 0) is 24.3 Å². The van der Waals surface area contributed by atoms with E-state index in [0.717, 1.165) is 5.39 Å². The number of hydrogen-bond acceptors (Lipinski definition) is 3. The Hall–Kier alpha value is -2.49. The molecule has 0 unspecified atom stereocenters. The molecule has 3 aromatic rings. The minimum absolute atomic E-state index is 0.0289. The maximum atomic E-state index is 12.5. The molecule has 0 amide bonds. The largest absolute Gasteiger partial charge is 0.358 e. The highest BCUT2D eigenvalue weighted by atomic mass is 35.5. The van der Waals surface area contributed by atoms with E-state index in [1.54, 1.807) is 30.5 Å². The molecule has 7 heteroatoms. The molecule has 0 spiro atoms. The summed E-state index contributed by atoms with van der Waals surface area (Å²) in [6.45, 7) is 0. The summed E-state index contributed by atoms with van der Waals surface area (Å²) in [6, 6.07) is 12.9. The van der Waals surface area contributed by atoms with Crippen LogP contribution in [0.3, 0.4) is 0 Å². The number of halogens is 1. The van der Waals surface area contributed by atoms with E-state index in [4.69, 9.17) is 16.9 Å². The van der Waals surface area contributed by atoms with Crippen LogP contribution in [0.15, 0.2) is 53.6 Å². The van der Waals surface area contributed by atoms with Gasteiger partial charge < -0.3 is 4.98 Å². The Balaban J connectivity index is 2.05.